The number of hydrogen-bond acceptors (Lipinski definition) is 2. The van der Waals surface area contributed by atoms with Gasteiger partial charge in [0.15, 0.2) is 0 Å². The van der Waals surface area contributed by atoms with E-state index in [9.17, 15) is 0 Å². The molecule has 17 heavy (non-hydrogen) atoms. The average Bonchev–Trinajstić information content (AvgIpc) is 2.73. The highest BCUT2D eigenvalue weighted by molar-refractivity contribution is 9.10. The second-order valence-corrected chi connectivity index (χ2v) is 5.32. The molecule has 1 aliphatic rings. The number of rotatable bonds is 3. The Labute approximate surface area is 109 Å². The van der Waals surface area contributed by atoms with E-state index >= 15 is 0 Å². The third-order valence-electron chi connectivity index (χ3n) is 3.13. The second-order valence-electron chi connectivity index (χ2n) is 4.47. The number of hydrogen-bond donors (Lipinski definition) is 2. The van der Waals surface area contributed by atoms with Gasteiger partial charge in [-0.15, -0.1) is 0 Å². The molecular weight excluding hydrogens is 278 g/mol. The number of aromatic amines is 1. The van der Waals surface area contributed by atoms with Gasteiger partial charge in [-0.1, -0.05) is 34.1 Å². The zero-order valence-corrected chi connectivity index (χ0v) is 11.0. The van der Waals surface area contributed by atoms with Crippen LogP contribution < -0.4 is 5.32 Å². The molecule has 1 aliphatic heterocycles. The summed E-state index contributed by atoms with van der Waals surface area (Å²) in [6.45, 7) is 2.26. The molecule has 0 bridgehead atoms. The highest BCUT2D eigenvalue weighted by atomic mass is 79.9. The van der Waals surface area contributed by atoms with Crippen molar-refractivity contribution in [1.82, 2.24) is 15.3 Å². The molecule has 0 amide bonds. The van der Waals surface area contributed by atoms with Gasteiger partial charge in [-0.2, -0.15) is 0 Å². The van der Waals surface area contributed by atoms with Crippen LogP contribution in [0.2, 0.25) is 0 Å². The molecule has 88 valence electrons. The van der Waals surface area contributed by atoms with Gasteiger partial charge in [-0.05, 0) is 31.5 Å². The Morgan fingerprint density at radius 2 is 2.12 bits per heavy atom. The molecule has 4 heteroatoms. The zero-order chi connectivity index (χ0) is 11.7. The summed E-state index contributed by atoms with van der Waals surface area (Å²) in [6.07, 6.45) is 3.04. The fourth-order valence-electron chi connectivity index (χ4n) is 2.06. The first kappa shape index (κ1) is 11.0. The molecule has 3 rings (SSSR count). The maximum absolute atomic E-state index is 4.45. The lowest BCUT2D eigenvalue weighted by Gasteiger charge is -2.26. The smallest absolute Gasteiger partial charge is 0.138 e. The molecule has 0 atom stereocenters. The molecule has 0 aliphatic carbocycles. The Bertz CT molecular complexity index is 517. The Kier molecular flexibility index (Phi) is 2.99. The number of benzene rings is 1. The van der Waals surface area contributed by atoms with Crippen molar-refractivity contribution in [2.75, 3.05) is 13.1 Å². The molecule has 0 spiro atoms. The molecule has 0 unspecified atom stereocenters. The number of imidazole rings is 1. The lowest BCUT2D eigenvalue weighted by Crippen LogP contribution is -2.43. The lowest BCUT2D eigenvalue weighted by molar-refractivity contribution is 0.344. The van der Waals surface area contributed by atoms with Crippen molar-refractivity contribution in [2.24, 2.45) is 5.92 Å². The van der Waals surface area contributed by atoms with Gasteiger partial charge in [0.1, 0.15) is 5.82 Å². The van der Waals surface area contributed by atoms with E-state index in [1.54, 1.807) is 0 Å². The van der Waals surface area contributed by atoms with Gasteiger partial charge in [-0.3, -0.25) is 0 Å². The minimum Gasteiger partial charge on any atom is -0.342 e. The highest BCUT2D eigenvalue weighted by Crippen LogP contribution is 2.25. The van der Waals surface area contributed by atoms with Crippen molar-refractivity contribution in [3.05, 3.63) is 40.6 Å². The average molecular weight is 292 g/mol. The van der Waals surface area contributed by atoms with E-state index < -0.39 is 0 Å². The standard InChI is InChI=1S/C13H14BrN3/c14-12-4-2-1-3-11(12)13-16-8-10(17-13)5-9-6-15-7-9/h1-4,8-9,15H,5-7H2,(H,16,17). The normalized spacial score (nSPS) is 15.8. The quantitative estimate of drug-likeness (QED) is 0.913. The van der Waals surface area contributed by atoms with Crippen LogP contribution in [-0.2, 0) is 6.42 Å². The molecule has 2 N–H and O–H groups in total. The third-order valence-corrected chi connectivity index (χ3v) is 3.82. The largest absolute Gasteiger partial charge is 0.342 e. The molecule has 0 radical (unpaired) electrons. The Balaban J connectivity index is 1.82. The van der Waals surface area contributed by atoms with Crippen molar-refractivity contribution in [3.8, 4) is 11.4 Å². The van der Waals surface area contributed by atoms with Crippen LogP contribution in [0.4, 0.5) is 0 Å². The number of nitrogens with one attached hydrogen (secondary N) is 2. The van der Waals surface area contributed by atoms with Crippen molar-refractivity contribution in [2.45, 2.75) is 6.42 Å². The van der Waals surface area contributed by atoms with Gasteiger partial charge in [0.05, 0.1) is 0 Å². The van der Waals surface area contributed by atoms with E-state index in [0.717, 1.165) is 41.3 Å². The summed E-state index contributed by atoms with van der Waals surface area (Å²) >= 11 is 3.55. The van der Waals surface area contributed by atoms with Crippen LogP contribution in [0.1, 0.15) is 5.69 Å². The highest BCUT2D eigenvalue weighted by Gasteiger charge is 2.18. The minimum absolute atomic E-state index is 0.766. The first-order chi connectivity index (χ1) is 8.33. The van der Waals surface area contributed by atoms with Crippen LogP contribution in [-0.4, -0.2) is 23.1 Å². The summed E-state index contributed by atoms with van der Waals surface area (Å²) in [4.78, 5) is 7.85. The van der Waals surface area contributed by atoms with Gasteiger partial charge in [0.25, 0.3) is 0 Å². The van der Waals surface area contributed by atoms with Crippen LogP contribution in [0, 0.1) is 5.92 Å². The van der Waals surface area contributed by atoms with E-state index in [4.69, 9.17) is 0 Å². The summed E-state index contributed by atoms with van der Waals surface area (Å²) < 4.78 is 1.08. The van der Waals surface area contributed by atoms with Crippen molar-refractivity contribution in [1.29, 1.82) is 0 Å². The van der Waals surface area contributed by atoms with E-state index in [1.165, 1.54) is 5.69 Å². The van der Waals surface area contributed by atoms with Crippen LogP contribution in [0.25, 0.3) is 11.4 Å². The van der Waals surface area contributed by atoms with Crippen molar-refractivity contribution >= 4 is 15.9 Å². The van der Waals surface area contributed by atoms with Crippen LogP contribution in [0.3, 0.4) is 0 Å². The van der Waals surface area contributed by atoms with E-state index in [2.05, 4.69) is 37.3 Å². The van der Waals surface area contributed by atoms with E-state index in [1.807, 2.05) is 24.4 Å². The van der Waals surface area contributed by atoms with Gasteiger partial charge >= 0.3 is 0 Å². The van der Waals surface area contributed by atoms with Crippen LogP contribution >= 0.6 is 15.9 Å². The molecule has 1 saturated heterocycles. The maximum Gasteiger partial charge on any atom is 0.138 e. The molecule has 2 heterocycles. The van der Waals surface area contributed by atoms with Crippen LogP contribution in [0.5, 0.6) is 0 Å². The molecule has 3 nitrogen and oxygen atoms in total. The number of nitrogens with zero attached hydrogens (tertiary/aromatic N) is 1. The Morgan fingerprint density at radius 1 is 1.29 bits per heavy atom. The lowest BCUT2D eigenvalue weighted by atomic mass is 9.98. The maximum atomic E-state index is 4.45. The van der Waals surface area contributed by atoms with Gasteiger partial charge in [0.2, 0.25) is 0 Å². The Morgan fingerprint density at radius 3 is 2.82 bits per heavy atom. The first-order valence-corrected chi connectivity index (χ1v) is 6.62. The topological polar surface area (TPSA) is 40.7 Å². The van der Waals surface area contributed by atoms with Crippen molar-refractivity contribution in [3.63, 3.8) is 0 Å². The number of aromatic nitrogens is 2. The van der Waals surface area contributed by atoms with Gasteiger partial charge in [0, 0.05) is 21.9 Å². The van der Waals surface area contributed by atoms with Crippen molar-refractivity contribution < 1.29 is 0 Å². The SMILES string of the molecule is Brc1ccccc1-c1ncc(CC2CNC2)[nH]1. The summed E-state index contributed by atoms with van der Waals surface area (Å²) in [5.41, 5.74) is 2.34. The molecule has 1 aromatic carbocycles. The second kappa shape index (κ2) is 4.63. The zero-order valence-electron chi connectivity index (χ0n) is 9.41. The summed E-state index contributed by atoms with van der Waals surface area (Å²) in [6, 6.07) is 8.14. The monoisotopic (exact) mass is 291 g/mol. The summed E-state index contributed by atoms with van der Waals surface area (Å²) in [7, 11) is 0. The van der Waals surface area contributed by atoms with Gasteiger partial charge < -0.3 is 10.3 Å². The predicted molar refractivity (Wildman–Crippen MR) is 71.8 cm³/mol. The third kappa shape index (κ3) is 2.28. The number of H-pyrrole nitrogens is 1. The fourth-order valence-corrected chi connectivity index (χ4v) is 2.53. The van der Waals surface area contributed by atoms with E-state index in [-0.39, 0.29) is 0 Å². The molecule has 1 fully saturated rings. The molecule has 2 aromatic rings. The summed E-state index contributed by atoms with van der Waals surface area (Å²) in [5, 5.41) is 3.29. The number of halogens is 1. The fraction of sp³-hybridized carbons (Fsp3) is 0.308. The Hall–Kier alpha value is -1.13. The van der Waals surface area contributed by atoms with Gasteiger partial charge in [-0.25, -0.2) is 4.98 Å². The molecule has 1 aromatic heterocycles. The van der Waals surface area contributed by atoms with E-state index in [0.29, 0.717) is 0 Å². The molecular formula is C13H14BrN3. The summed E-state index contributed by atoms with van der Waals surface area (Å²) in [5.74, 6) is 1.71. The molecule has 0 saturated carbocycles. The van der Waals surface area contributed by atoms with Crippen LogP contribution in [0.15, 0.2) is 34.9 Å². The minimum atomic E-state index is 0.766. The predicted octanol–water partition coefficient (Wildman–Crippen LogP) is 2.60. The first-order valence-electron chi connectivity index (χ1n) is 5.82.